The Kier molecular flexibility index (Phi) is 3.90. The quantitative estimate of drug-likeness (QED) is 0.848. The lowest BCUT2D eigenvalue weighted by molar-refractivity contribution is -0.137. The number of amides is 1. The maximum Gasteiger partial charge on any atom is 0.330 e. The topological polar surface area (TPSA) is 60.1 Å². The number of likely N-dealkylation sites (tertiary alicyclic amines) is 1. The van der Waals surface area contributed by atoms with Crippen LogP contribution in [-0.4, -0.2) is 38.0 Å². The summed E-state index contributed by atoms with van der Waals surface area (Å²) < 4.78 is 3.45. The molecule has 0 spiro atoms. The van der Waals surface area contributed by atoms with Gasteiger partial charge in [-0.3, -0.25) is 13.9 Å². The van der Waals surface area contributed by atoms with Gasteiger partial charge in [0.15, 0.2) is 5.65 Å². The maximum atomic E-state index is 12.7. The van der Waals surface area contributed by atoms with E-state index in [0.717, 1.165) is 43.4 Å². The fourth-order valence-electron chi connectivity index (χ4n) is 4.32. The van der Waals surface area contributed by atoms with E-state index in [1.54, 1.807) is 22.4 Å². The molecule has 0 N–H and O–H groups in total. The molecule has 3 heterocycles. The van der Waals surface area contributed by atoms with Crippen molar-refractivity contribution >= 4 is 17.1 Å². The number of piperidine rings is 1. The van der Waals surface area contributed by atoms with Gasteiger partial charge in [0.05, 0.1) is 11.6 Å². The molecule has 1 aliphatic carbocycles. The first-order valence-electron chi connectivity index (χ1n) is 8.97. The summed E-state index contributed by atoms with van der Waals surface area (Å²) in [5.41, 5.74) is 1.54. The van der Waals surface area contributed by atoms with Crippen LogP contribution in [0.2, 0.25) is 0 Å². The minimum atomic E-state index is -0.0381. The fourth-order valence-corrected chi connectivity index (χ4v) is 4.32. The average molecular weight is 328 g/mol. The van der Waals surface area contributed by atoms with Gasteiger partial charge in [-0.1, -0.05) is 12.8 Å². The van der Waals surface area contributed by atoms with Crippen molar-refractivity contribution in [1.29, 1.82) is 0 Å². The summed E-state index contributed by atoms with van der Waals surface area (Å²) in [4.78, 5) is 31.9. The molecule has 0 bridgehead atoms. The van der Waals surface area contributed by atoms with Crippen molar-refractivity contribution in [2.24, 2.45) is 13.0 Å². The highest BCUT2D eigenvalue weighted by molar-refractivity contribution is 5.79. The van der Waals surface area contributed by atoms with Gasteiger partial charge in [-0.2, -0.15) is 0 Å². The normalized spacial score (nSPS) is 22.4. The molecule has 2 aliphatic rings. The molecule has 4 rings (SSSR count). The van der Waals surface area contributed by atoms with Crippen molar-refractivity contribution in [3.63, 3.8) is 0 Å². The van der Waals surface area contributed by atoms with Gasteiger partial charge in [0.2, 0.25) is 5.91 Å². The molecule has 24 heavy (non-hydrogen) atoms. The monoisotopic (exact) mass is 328 g/mol. The Balaban J connectivity index is 1.64. The molecule has 2 fully saturated rings. The molecule has 0 aromatic carbocycles. The number of aromatic nitrogens is 3. The van der Waals surface area contributed by atoms with E-state index in [-0.39, 0.29) is 17.6 Å². The predicted octanol–water partition coefficient (Wildman–Crippen LogP) is 2.09. The van der Waals surface area contributed by atoms with Crippen molar-refractivity contribution in [3.8, 4) is 0 Å². The molecule has 1 aliphatic heterocycles. The van der Waals surface area contributed by atoms with Crippen LogP contribution in [0, 0.1) is 5.92 Å². The van der Waals surface area contributed by atoms with Gasteiger partial charge in [0.1, 0.15) is 0 Å². The van der Waals surface area contributed by atoms with Crippen LogP contribution in [0.1, 0.15) is 44.6 Å². The van der Waals surface area contributed by atoms with Crippen LogP contribution in [0.3, 0.4) is 0 Å². The number of carbonyl (C=O) groups excluding carboxylic acids is 1. The molecule has 6 heteroatoms. The third-order valence-electron chi connectivity index (χ3n) is 5.63. The number of nitrogens with zero attached hydrogens (tertiary/aromatic N) is 4. The van der Waals surface area contributed by atoms with E-state index in [0.29, 0.717) is 12.5 Å². The van der Waals surface area contributed by atoms with Gasteiger partial charge in [-0.25, -0.2) is 9.78 Å². The summed E-state index contributed by atoms with van der Waals surface area (Å²) >= 11 is 0. The molecule has 1 saturated heterocycles. The van der Waals surface area contributed by atoms with Crippen molar-refractivity contribution in [2.45, 2.75) is 44.6 Å². The minimum absolute atomic E-state index is 0.0233. The van der Waals surface area contributed by atoms with Crippen LogP contribution in [0.4, 0.5) is 0 Å². The second-order valence-corrected chi connectivity index (χ2v) is 7.12. The zero-order chi connectivity index (χ0) is 16.7. The Morgan fingerprint density at radius 3 is 2.79 bits per heavy atom. The van der Waals surface area contributed by atoms with E-state index < -0.39 is 0 Å². The van der Waals surface area contributed by atoms with E-state index in [2.05, 4.69) is 4.98 Å². The molecule has 0 radical (unpaired) electrons. The summed E-state index contributed by atoms with van der Waals surface area (Å²) in [6, 6.07) is 3.79. The van der Waals surface area contributed by atoms with E-state index in [1.165, 1.54) is 12.8 Å². The van der Waals surface area contributed by atoms with Gasteiger partial charge in [0, 0.05) is 32.3 Å². The molecular weight excluding hydrogens is 304 g/mol. The van der Waals surface area contributed by atoms with Gasteiger partial charge in [0.25, 0.3) is 0 Å². The fraction of sp³-hybridized carbons (Fsp3) is 0.611. The minimum Gasteiger partial charge on any atom is -0.340 e. The number of carbonyl (C=O) groups is 1. The Hall–Kier alpha value is -2.11. The van der Waals surface area contributed by atoms with Crippen LogP contribution >= 0.6 is 0 Å². The second-order valence-electron chi connectivity index (χ2n) is 7.12. The van der Waals surface area contributed by atoms with Crippen molar-refractivity contribution < 1.29 is 4.79 Å². The third-order valence-corrected chi connectivity index (χ3v) is 5.63. The van der Waals surface area contributed by atoms with Crippen molar-refractivity contribution in [1.82, 2.24) is 19.0 Å². The first-order valence-corrected chi connectivity index (χ1v) is 8.97. The Bertz CT molecular complexity index is 816. The Labute approximate surface area is 141 Å². The van der Waals surface area contributed by atoms with Gasteiger partial charge in [-0.15, -0.1) is 0 Å². The zero-order valence-electron chi connectivity index (χ0n) is 14.1. The molecule has 128 valence electrons. The molecule has 2 aromatic rings. The smallest absolute Gasteiger partial charge is 0.330 e. The number of imidazole rings is 1. The lowest BCUT2D eigenvalue weighted by atomic mass is 10.0. The van der Waals surface area contributed by atoms with Gasteiger partial charge >= 0.3 is 5.69 Å². The van der Waals surface area contributed by atoms with Gasteiger partial charge in [-0.05, 0) is 37.8 Å². The van der Waals surface area contributed by atoms with Crippen LogP contribution in [-0.2, 0) is 11.8 Å². The number of pyridine rings is 1. The second kappa shape index (κ2) is 6.07. The highest BCUT2D eigenvalue weighted by Gasteiger charge is 2.32. The van der Waals surface area contributed by atoms with Crippen LogP contribution in [0.5, 0.6) is 0 Å². The molecule has 2 aromatic heterocycles. The van der Waals surface area contributed by atoms with Crippen LogP contribution in [0.15, 0.2) is 23.1 Å². The van der Waals surface area contributed by atoms with Crippen LogP contribution in [0.25, 0.3) is 11.2 Å². The van der Waals surface area contributed by atoms with Gasteiger partial charge < -0.3 is 4.90 Å². The van der Waals surface area contributed by atoms with Crippen molar-refractivity contribution in [3.05, 3.63) is 28.8 Å². The highest BCUT2D eigenvalue weighted by atomic mass is 16.2. The summed E-state index contributed by atoms with van der Waals surface area (Å²) in [5, 5.41) is 0. The number of fused-ring (bicyclic) bond motifs is 1. The predicted molar refractivity (Wildman–Crippen MR) is 91.8 cm³/mol. The number of hydrogen-bond donors (Lipinski definition) is 0. The number of hydrogen-bond acceptors (Lipinski definition) is 3. The molecule has 0 unspecified atom stereocenters. The van der Waals surface area contributed by atoms with E-state index >= 15 is 0 Å². The summed E-state index contributed by atoms with van der Waals surface area (Å²) in [6.07, 6.45) is 7.97. The molecule has 1 amide bonds. The van der Waals surface area contributed by atoms with Crippen LogP contribution < -0.4 is 5.69 Å². The standard InChI is InChI=1S/C18H24N4O2/c1-20-15-9-4-10-19-16(15)22(18(20)24)14-8-5-11-21(12-14)17(23)13-6-2-3-7-13/h4,9-10,13-14H,2-3,5-8,11-12H2,1H3/t14-/m0/s1. The first-order chi connectivity index (χ1) is 11.7. The molecule has 1 saturated carbocycles. The summed E-state index contributed by atoms with van der Waals surface area (Å²) in [5.74, 6) is 0.490. The molecular formula is C18H24N4O2. The lowest BCUT2D eigenvalue weighted by Gasteiger charge is -2.34. The SMILES string of the molecule is Cn1c(=O)n([C@H]2CCCN(C(=O)C3CCCC3)C2)c2ncccc21. The van der Waals surface area contributed by atoms with E-state index in [1.807, 2.05) is 17.0 Å². The number of aryl methyl sites for hydroxylation is 1. The zero-order valence-corrected chi connectivity index (χ0v) is 14.1. The van der Waals surface area contributed by atoms with E-state index in [4.69, 9.17) is 0 Å². The summed E-state index contributed by atoms with van der Waals surface area (Å²) in [7, 11) is 1.78. The lowest BCUT2D eigenvalue weighted by Crippen LogP contribution is -2.44. The highest BCUT2D eigenvalue weighted by Crippen LogP contribution is 2.30. The molecule has 6 nitrogen and oxygen atoms in total. The number of rotatable bonds is 2. The first kappa shape index (κ1) is 15.4. The van der Waals surface area contributed by atoms with E-state index in [9.17, 15) is 9.59 Å². The average Bonchev–Trinajstić information content (AvgIpc) is 3.23. The largest absolute Gasteiger partial charge is 0.340 e. The maximum absolute atomic E-state index is 12.7. The Morgan fingerprint density at radius 1 is 1.21 bits per heavy atom. The molecule has 1 atom stereocenters. The third kappa shape index (κ3) is 2.44. The Morgan fingerprint density at radius 2 is 2.00 bits per heavy atom. The summed E-state index contributed by atoms with van der Waals surface area (Å²) in [6.45, 7) is 1.45. The van der Waals surface area contributed by atoms with Crippen molar-refractivity contribution in [2.75, 3.05) is 13.1 Å².